The van der Waals surface area contributed by atoms with Gasteiger partial charge in [-0.3, -0.25) is 0 Å². The highest BCUT2D eigenvalue weighted by Crippen LogP contribution is 2.19. The molecule has 1 aromatic heterocycles. The third kappa shape index (κ3) is 2.43. The molecular weight excluding hydrogens is 272 g/mol. The number of imidazole rings is 1. The van der Waals surface area contributed by atoms with Crippen molar-refractivity contribution in [3.63, 3.8) is 0 Å². The standard InChI is InChI=1S/C11H11BrN2O2/c12-11-13-5-6-14(11)7-10(16)8-1-3-9(15)4-2-8/h1-6,10,15-16H,7H2. The zero-order valence-electron chi connectivity index (χ0n) is 8.42. The number of phenols is 1. The predicted molar refractivity (Wildman–Crippen MR) is 63.0 cm³/mol. The van der Waals surface area contributed by atoms with Gasteiger partial charge in [0.15, 0.2) is 4.73 Å². The molecule has 2 rings (SSSR count). The number of halogens is 1. The third-order valence-corrected chi connectivity index (χ3v) is 2.97. The Kier molecular flexibility index (Phi) is 3.26. The van der Waals surface area contributed by atoms with E-state index in [9.17, 15) is 5.11 Å². The maximum absolute atomic E-state index is 9.96. The van der Waals surface area contributed by atoms with E-state index in [1.165, 1.54) is 0 Å². The van der Waals surface area contributed by atoms with Gasteiger partial charge in [-0.2, -0.15) is 0 Å². The van der Waals surface area contributed by atoms with Crippen LogP contribution in [0.25, 0.3) is 0 Å². The summed E-state index contributed by atoms with van der Waals surface area (Å²) in [6.45, 7) is 0.422. The van der Waals surface area contributed by atoms with Crippen LogP contribution in [0.4, 0.5) is 0 Å². The molecule has 4 nitrogen and oxygen atoms in total. The van der Waals surface area contributed by atoms with E-state index in [1.807, 2.05) is 0 Å². The highest BCUT2D eigenvalue weighted by Gasteiger charge is 2.09. The SMILES string of the molecule is Oc1ccc(C(O)Cn2ccnc2Br)cc1. The molecule has 0 aliphatic heterocycles. The lowest BCUT2D eigenvalue weighted by Crippen LogP contribution is -2.08. The van der Waals surface area contributed by atoms with Crippen LogP contribution in [-0.2, 0) is 6.54 Å². The summed E-state index contributed by atoms with van der Waals surface area (Å²) in [5, 5.41) is 19.1. The van der Waals surface area contributed by atoms with Crippen LogP contribution in [0.5, 0.6) is 5.75 Å². The fourth-order valence-electron chi connectivity index (χ4n) is 1.44. The minimum absolute atomic E-state index is 0.194. The third-order valence-electron chi connectivity index (χ3n) is 2.31. The minimum Gasteiger partial charge on any atom is -0.508 e. The molecule has 5 heteroatoms. The Bertz CT molecular complexity index is 467. The molecule has 16 heavy (non-hydrogen) atoms. The maximum atomic E-state index is 9.96. The van der Waals surface area contributed by atoms with Crippen LogP contribution in [0.1, 0.15) is 11.7 Å². The fraction of sp³-hybridized carbons (Fsp3) is 0.182. The topological polar surface area (TPSA) is 58.3 Å². The molecule has 0 spiro atoms. The van der Waals surface area contributed by atoms with Crippen molar-refractivity contribution >= 4 is 15.9 Å². The van der Waals surface area contributed by atoms with Crippen LogP contribution >= 0.6 is 15.9 Å². The largest absolute Gasteiger partial charge is 0.508 e. The predicted octanol–water partition coefficient (Wildman–Crippen LogP) is 2.08. The van der Waals surface area contributed by atoms with Gasteiger partial charge in [0.05, 0.1) is 12.6 Å². The van der Waals surface area contributed by atoms with Gasteiger partial charge in [0, 0.05) is 12.4 Å². The second-order valence-corrected chi connectivity index (χ2v) is 4.17. The average Bonchev–Trinajstić information content (AvgIpc) is 2.65. The van der Waals surface area contributed by atoms with Gasteiger partial charge in [-0.05, 0) is 33.6 Å². The molecule has 84 valence electrons. The lowest BCUT2D eigenvalue weighted by atomic mass is 10.1. The summed E-state index contributed by atoms with van der Waals surface area (Å²) >= 11 is 3.28. The molecule has 1 aromatic carbocycles. The van der Waals surface area contributed by atoms with Crippen molar-refractivity contribution in [1.29, 1.82) is 0 Å². The molecule has 0 aliphatic carbocycles. The summed E-state index contributed by atoms with van der Waals surface area (Å²) in [6, 6.07) is 6.51. The Morgan fingerprint density at radius 3 is 2.56 bits per heavy atom. The highest BCUT2D eigenvalue weighted by molar-refractivity contribution is 9.10. The maximum Gasteiger partial charge on any atom is 0.177 e. The van der Waals surface area contributed by atoms with Gasteiger partial charge in [-0.1, -0.05) is 12.1 Å². The zero-order valence-corrected chi connectivity index (χ0v) is 10.0. The first-order chi connectivity index (χ1) is 7.66. The van der Waals surface area contributed by atoms with Crippen molar-refractivity contribution in [1.82, 2.24) is 9.55 Å². The van der Waals surface area contributed by atoms with Crippen molar-refractivity contribution < 1.29 is 10.2 Å². The summed E-state index contributed by atoms with van der Waals surface area (Å²) in [7, 11) is 0. The number of phenolic OH excluding ortho intramolecular Hbond substituents is 1. The number of aliphatic hydroxyl groups is 1. The molecule has 0 saturated carbocycles. The minimum atomic E-state index is -0.619. The van der Waals surface area contributed by atoms with E-state index in [-0.39, 0.29) is 5.75 Å². The zero-order chi connectivity index (χ0) is 11.5. The van der Waals surface area contributed by atoms with Crippen molar-refractivity contribution in [2.45, 2.75) is 12.6 Å². The molecule has 1 atom stereocenters. The number of hydrogen-bond acceptors (Lipinski definition) is 3. The van der Waals surface area contributed by atoms with E-state index in [1.54, 1.807) is 41.2 Å². The van der Waals surface area contributed by atoms with Gasteiger partial charge < -0.3 is 14.8 Å². The van der Waals surface area contributed by atoms with E-state index in [4.69, 9.17) is 5.11 Å². The molecule has 0 radical (unpaired) electrons. The fourth-order valence-corrected chi connectivity index (χ4v) is 1.82. The summed E-state index contributed by atoms with van der Waals surface area (Å²) in [4.78, 5) is 4.01. The molecule has 0 saturated heterocycles. The van der Waals surface area contributed by atoms with E-state index in [2.05, 4.69) is 20.9 Å². The van der Waals surface area contributed by atoms with Crippen LogP contribution in [0.3, 0.4) is 0 Å². The van der Waals surface area contributed by atoms with Crippen LogP contribution in [0.15, 0.2) is 41.4 Å². The van der Waals surface area contributed by atoms with Gasteiger partial charge in [0.1, 0.15) is 5.75 Å². The van der Waals surface area contributed by atoms with Gasteiger partial charge in [0.25, 0.3) is 0 Å². The summed E-state index contributed by atoms with van der Waals surface area (Å²) in [6.07, 6.45) is 2.83. The highest BCUT2D eigenvalue weighted by atomic mass is 79.9. The van der Waals surface area contributed by atoms with Gasteiger partial charge >= 0.3 is 0 Å². The van der Waals surface area contributed by atoms with E-state index < -0.39 is 6.10 Å². The Labute approximate surface area is 101 Å². The molecule has 0 aliphatic rings. The lowest BCUT2D eigenvalue weighted by Gasteiger charge is -2.12. The van der Waals surface area contributed by atoms with Gasteiger partial charge in [-0.15, -0.1) is 0 Å². The number of aliphatic hydroxyl groups excluding tert-OH is 1. The number of rotatable bonds is 3. The monoisotopic (exact) mass is 282 g/mol. The second kappa shape index (κ2) is 4.67. The first-order valence-electron chi connectivity index (χ1n) is 4.80. The summed E-state index contributed by atoms with van der Waals surface area (Å²) < 4.78 is 2.49. The average molecular weight is 283 g/mol. The van der Waals surface area contributed by atoms with E-state index in [0.717, 1.165) is 5.56 Å². The summed E-state index contributed by atoms with van der Waals surface area (Å²) in [5.41, 5.74) is 0.762. The Hall–Kier alpha value is -1.33. The number of aromatic nitrogens is 2. The molecule has 0 fully saturated rings. The first kappa shape index (κ1) is 11.2. The van der Waals surface area contributed by atoms with Gasteiger partial charge in [-0.25, -0.2) is 4.98 Å². The van der Waals surface area contributed by atoms with Crippen molar-refractivity contribution in [2.24, 2.45) is 0 Å². The Morgan fingerprint density at radius 1 is 1.31 bits per heavy atom. The number of aromatic hydroxyl groups is 1. The van der Waals surface area contributed by atoms with Crippen LogP contribution in [0.2, 0.25) is 0 Å². The number of hydrogen-bond donors (Lipinski definition) is 2. The smallest absolute Gasteiger partial charge is 0.177 e. The molecular formula is C11H11BrN2O2. The van der Waals surface area contributed by atoms with Crippen molar-refractivity contribution in [3.8, 4) is 5.75 Å². The quantitative estimate of drug-likeness (QED) is 0.906. The molecule has 0 bridgehead atoms. The van der Waals surface area contributed by atoms with Crippen molar-refractivity contribution in [2.75, 3.05) is 0 Å². The lowest BCUT2D eigenvalue weighted by molar-refractivity contribution is 0.155. The number of nitrogens with zero attached hydrogens (tertiary/aromatic N) is 2. The van der Waals surface area contributed by atoms with Crippen LogP contribution < -0.4 is 0 Å². The first-order valence-corrected chi connectivity index (χ1v) is 5.60. The van der Waals surface area contributed by atoms with E-state index in [0.29, 0.717) is 11.3 Å². The molecule has 2 aromatic rings. The second-order valence-electron chi connectivity index (χ2n) is 3.46. The van der Waals surface area contributed by atoms with Crippen molar-refractivity contribution in [3.05, 3.63) is 47.0 Å². The molecule has 1 unspecified atom stereocenters. The summed E-state index contributed by atoms with van der Waals surface area (Å²) in [5.74, 6) is 0.194. The molecule has 2 N–H and O–H groups in total. The molecule has 1 heterocycles. The Morgan fingerprint density at radius 2 is 2.00 bits per heavy atom. The Balaban J connectivity index is 2.11. The normalized spacial score (nSPS) is 12.6. The van der Waals surface area contributed by atoms with Crippen LogP contribution in [0, 0.1) is 0 Å². The van der Waals surface area contributed by atoms with E-state index >= 15 is 0 Å². The molecule has 0 amide bonds. The van der Waals surface area contributed by atoms with Gasteiger partial charge in [0.2, 0.25) is 0 Å². The number of benzene rings is 1. The van der Waals surface area contributed by atoms with Crippen LogP contribution in [-0.4, -0.2) is 19.8 Å².